The zero-order valence-electron chi connectivity index (χ0n) is 17.0. The van der Waals surface area contributed by atoms with Crippen LogP contribution in [0.4, 0.5) is 5.69 Å². The van der Waals surface area contributed by atoms with E-state index in [9.17, 15) is 9.59 Å². The first-order valence-corrected chi connectivity index (χ1v) is 10.4. The molecule has 9 heteroatoms. The SMILES string of the molecule is O=C(Nc1ccc2c(c1)OCO2)c1ccc2ncc3c(=O)n(-c4ccc(Cl)cc4)[nH]c3c2c1. The van der Waals surface area contributed by atoms with Crippen molar-refractivity contribution in [2.24, 2.45) is 0 Å². The lowest BCUT2D eigenvalue weighted by Crippen LogP contribution is -2.13. The maximum atomic E-state index is 13.0. The minimum absolute atomic E-state index is 0.161. The summed E-state index contributed by atoms with van der Waals surface area (Å²) >= 11 is 5.97. The molecular weight excluding hydrogens is 444 g/mol. The van der Waals surface area contributed by atoms with Gasteiger partial charge in [-0.15, -0.1) is 0 Å². The molecule has 3 heterocycles. The second kappa shape index (κ2) is 7.39. The second-order valence-electron chi connectivity index (χ2n) is 7.53. The fourth-order valence-electron chi connectivity index (χ4n) is 3.85. The first-order valence-electron chi connectivity index (χ1n) is 10.1. The number of hydrogen-bond donors (Lipinski definition) is 2. The number of hydrogen-bond acceptors (Lipinski definition) is 5. The molecule has 0 unspecified atom stereocenters. The van der Waals surface area contributed by atoms with Gasteiger partial charge in [-0.25, -0.2) is 4.68 Å². The number of nitrogens with zero attached hydrogens (tertiary/aromatic N) is 2. The third kappa shape index (κ3) is 3.28. The van der Waals surface area contributed by atoms with Crippen molar-refractivity contribution < 1.29 is 14.3 Å². The molecule has 33 heavy (non-hydrogen) atoms. The Hall–Kier alpha value is -4.30. The van der Waals surface area contributed by atoms with Crippen molar-refractivity contribution >= 4 is 45.0 Å². The summed E-state index contributed by atoms with van der Waals surface area (Å²) in [4.78, 5) is 30.3. The Kier molecular flexibility index (Phi) is 4.34. The van der Waals surface area contributed by atoms with Crippen LogP contribution >= 0.6 is 11.6 Å². The molecule has 1 aliphatic heterocycles. The number of aromatic amines is 1. The maximum Gasteiger partial charge on any atom is 0.280 e. The van der Waals surface area contributed by atoms with Crippen molar-refractivity contribution in [2.75, 3.05) is 12.1 Å². The number of carbonyl (C=O) groups is 1. The van der Waals surface area contributed by atoms with Crippen molar-refractivity contribution in [3.63, 3.8) is 0 Å². The highest BCUT2D eigenvalue weighted by molar-refractivity contribution is 6.30. The normalized spacial score (nSPS) is 12.4. The highest BCUT2D eigenvalue weighted by atomic mass is 35.5. The Morgan fingerprint density at radius 1 is 1.00 bits per heavy atom. The Balaban J connectivity index is 1.40. The van der Waals surface area contributed by atoms with Crippen LogP contribution in [0.15, 0.2) is 71.7 Å². The number of fused-ring (bicyclic) bond motifs is 4. The molecule has 8 nitrogen and oxygen atoms in total. The first-order chi connectivity index (χ1) is 16.1. The van der Waals surface area contributed by atoms with Crippen LogP contribution in [0.1, 0.15) is 10.4 Å². The Labute approximate surface area is 191 Å². The number of H-pyrrole nitrogens is 1. The van der Waals surface area contributed by atoms with Gasteiger partial charge in [-0.2, -0.15) is 0 Å². The number of anilines is 1. The third-order valence-corrected chi connectivity index (χ3v) is 5.75. The van der Waals surface area contributed by atoms with Gasteiger partial charge >= 0.3 is 0 Å². The summed E-state index contributed by atoms with van der Waals surface area (Å²) < 4.78 is 12.1. The second-order valence-corrected chi connectivity index (χ2v) is 7.97. The minimum Gasteiger partial charge on any atom is -0.454 e. The van der Waals surface area contributed by atoms with E-state index >= 15 is 0 Å². The molecule has 1 amide bonds. The number of ether oxygens (including phenoxy) is 2. The van der Waals surface area contributed by atoms with Gasteiger partial charge in [0, 0.05) is 33.9 Å². The van der Waals surface area contributed by atoms with E-state index in [2.05, 4.69) is 15.4 Å². The third-order valence-electron chi connectivity index (χ3n) is 5.50. The molecule has 2 aromatic heterocycles. The van der Waals surface area contributed by atoms with Gasteiger partial charge in [0.05, 0.1) is 22.1 Å². The molecule has 0 atom stereocenters. The zero-order valence-corrected chi connectivity index (χ0v) is 17.7. The molecule has 0 fully saturated rings. The molecule has 1 aliphatic rings. The van der Waals surface area contributed by atoms with E-state index in [1.165, 1.54) is 10.9 Å². The number of nitrogens with one attached hydrogen (secondary N) is 2. The lowest BCUT2D eigenvalue weighted by atomic mass is 10.1. The lowest BCUT2D eigenvalue weighted by Gasteiger charge is -2.07. The van der Waals surface area contributed by atoms with E-state index in [0.717, 1.165) is 0 Å². The standard InChI is InChI=1S/C24H15ClN4O4/c25-14-2-5-16(6-3-14)29-24(31)18-11-26-19-7-1-13(9-17(19)22(18)28-29)23(30)27-15-4-8-20-21(10-15)33-12-32-20/h1-11,28H,12H2,(H,27,30). The van der Waals surface area contributed by atoms with Crippen LogP contribution in [0, 0.1) is 0 Å². The van der Waals surface area contributed by atoms with Crippen LogP contribution in [-0.2, 0) is 0 Å². The molecule has 0 spiro atoms. The van der Waals surface area contributed by atoms with Gasteiger partial charge in [0.15, 0.2) is 11.5 Å². The molecule has 0 saturated carbocycles. The van der Waals surface area contributed by atoms with E-state index in [-0.39, 0.29) is 18.3 Å². The average molecular weight is 459 g/mol. The van der Waals surface area contributed by atoms with Crippen LogP contribution in [0.3, 0.4) is 0 Å². The largest absolute Gasteiger partial charge is 0.454 e. The highest BCUT2D eigenvalue weighted by Gasteiger charge is 2.17. The average Bonchev–Trinajstić information content (AvgIpc) is 3.43. The van der Waals surface area contributed by atoms with Gasteiger partial charge in [0.2, 0.25) is 6.79 Å². The summed E-state index contributed by atoms with van der Waals surface area (Å²) in [7, 11) is 0. The first kappa shape index (κ1) is 19.4. The van der Waals surface area contributed by atoms with E-state index in [1.54, 1.807) is 60.7 Å². The minimum atomic E-state index is -0.299. The Morgan fingerprint density at radius 3 is 2.67 bits per heavy atom. The molecule has 0 saturated heterocycles. The molecule has 6 rings (SSSR count). The monoisotopic (exact) mass is 458 g/mol. The number of benzene rings is 3. The van der Waals surface area contributed by atoms with Crippen LogP contribution in [-0.4, -0.2) is 27.5 Å². The Morgan fingerprint density at radius 2 is 1.82 bits per heavy atom. The number of carbonyl (C=O) groups excluding carboxylic acids is 1. The Bertz CT molecular complexity index is 1620. The van der Waals surface area contributed by atoms with Gasteiger partial charge in [0.25, 0.3) is 11.5 Å². The number of rotatable bonds is 3. The highest BCUT2D eigenvalue weighted by Crippen LogP contribution is 2.34. The van der Waals surface area contributed by atoms with Crippen LogP contribution in [0.2, 0.25) is 5.02 Å². The fraction of sp³-hybridized carbons (Fsp3) is 0.0417. The van der Waals surface area contributed by atoms with Crippen LogP contribution in [0.5, 0.6) is 11.5 Å². The van der Waals surface area contributed by atoms with E-state index < -0.39 is 0 Å². The maximum absolute atomic E-state index is 13.0. The van der Waals surface area contributed by atoms with Gasteiger partial charge < -0.3 is 14.8 Å². The molecule has 0 bridgehead atoms. The molecule has 5 aromatic rings. The fourth-order valence-corrected chi connectivity index (χ4v) is 3.97. The van der Waals surface area contributed by atoms with Crippen molar-refractivity contribution in [1.82, 2.24) is 14.8 Å². The molecular formula is C24H15ClN4O4. The van der Waals surface area contributed by atoms with E-state index in [0.29, 0.717) is 55.3 Å². The summed E-state index contributed by atoms with van der Waals surface area (Å²) in [5.41, 5.74) is 2.67. The molecule has 3 aromatic carbocycles. The summed E-state index contributed by atoms with van der Waals surface area (Å²) in [6, 6.07) is 17.3. The van der Waals surface area contributed by atoms with Crippen LogP contribution < -0.4 is 20.3 Å². The zero-order chi connectivity index (χ0) is 22.5. The summed E-state index contributed by atoms with van der Waals surface area (Å²) in [5.74, 6) is 0.923. The van der Waals surface area contributed by atoms with E-state index in [1.807, 2.05) is 0 Å². The van der Waals surface area contributed by atoms with Crippen molar-refractivity contribution in [3.05, 3.63) is 87.8 Å². The van der Waals surface area contributed by atoms with Crippen molar-refractivity contribution in [2.45, 2.75) is 0 Å². The smallest absolute Gasteiger partial charge is 0.280 e. The predicted molar refractivity (Wildman–Crippen MR) is 125 cm³/mol. The molecule has 162 valence electrons. The topological polar surface area (TPSA) is 98.2 Å². The van der Waals surface area contributed by atoms with Gasteiger partial charge in [-0.05, 0) is 54.6 Å². The molecule has 2 N–H and O–H groups in total. The molecule has 0 aliphatic carbocycles. The lowest BCUT2D eigenvalue weighted by molar-refractivity contribution is 0.102. The summed E-state index contributed by atoms with van der Waals surface area (Å²) in [6.07, 6.45) is 1.54. The van der Waals surface area contributed by atoms with E-state index in [4.69, 9.17) is 21.1 Å². The van der Waals surface area contributed by atoms with Gasteiger partial charge in [-0.1, -0.05) is 11.6 Å². The van der Waals surface area contributed by atoms with Gasteiger partial charge in [-0.3, -0.25) is 19.7 Å². The van der Waals surface area contributed by atoms with Crippen molar-refractivity contribution in [3.8, 4) is 17.2 Å². The van der Waals surface area contributed by atoms with Crippen LogP contribution in [0.25, 0.3) is 27.5 Å². The number of amides is 1. The predicted octanol–water partition coefficient (Wildman–Crippen LogP) is 4.50. The number of halogens is 1. The van der Waals surface area contributed by atoms with Gasteiger partial charge in [0.1, 0.15) is 0 Å². The number of pyridine rings is 1. The summed E-state index contributed by atoms with van der Waals surface area (Å²) in [6.45, 7) is 0.161. The molecule has 0 radical (unpaired) electrons. The van der Waals surface area contributed by atoms with Crippen molar-refractivity contribution in [1.29, 1.82) is 0 Å². The summed E-state index contributed by atoms with van der Waals surface area (Å²) in [5, 5.41) is 7.67. The quantitative estimate of drug-likeness (QED) is 0.415. The number of aromatic nitrogens is 3.